The van der Waals surface area contributed by atoms with Gasteiger partial charge in [0.05, 0.1) is 0 Å². The lowest BCUT2D eigenvalue weighted by Crippen LogP contribution is -2.48. The van der Waals surface area contributed by atoms with Gasteiger partial charge in [-0.25, -0.2) is 4.72 Å². The third-order valence-electron chi connectivity index (χ3n) is 4.21. The zero-order valence-corrected chi connectivity index (χ0v) is 13.1. The predicted octanol–water partition coefficient (Wildman–Crippen LogP) is 0.179. The van der Waals surface area contributed by atoms with Crippen molar-refractivity contribution in [2.24, 2.45) is 11.8 Å². The summed E-state index contributed by atoms with van der Waals surface area (Å²) in [6.07, 6.45) is 3.95. The second-order valence-electron chi connectivity index (χ2n) is 5.83. The lowest BCUT2D eigenvalue weighted by atomic mass is 10.00. The highest BCUT2D eigenvalue weighted by atomic mass is 32.2. The summed E-state index contributed by atoms with van der Waals surface area (Å²) in [5, 5.41) is 3.14. The average Bonchev–Trinajstić information content (AvgIpc) is 2.47. The summed E-state index contributed by atoms with van der Waals surface area (Å²) in [6, 6.07) is 0. The molecule has 20 heavy (non-hydrogen) atoms. The molecular formula is C13H27N3O3S. The maximum absolute atomic E-state index is 12.3. The molecule has 0 bridgehead atoms. The topological polar surface area (TPSA) is 70.7 Å². The minimum Gasteiger partial charge on any atom is -0.381 e. The minimum atomic E-state index is -3.32. The summed E-state index contributed by atoms with van der Waals surface area (Å²) in [5.74, 6) is 0.838. The van der Waals surface area contributed by atoms with Crippen molar-refractivity contribution in [2.45, 2.75) is 25.7 Å². The summed E-state index contributed by atoms with van der Waals surface area (Å²) >= 11 is 0. The number of rotatable bonds is 6. The van der Waals surface area contributed by atoms with Crippen molar-refractivity contribution >= 4 is 10.2 Å². The largest absolute Gasteiger partial charge is 0.381 e. The van der Waals surface area contributed by atoms with Crippen molar-refractivity contribution in [1.82, 2.24) is 14.3 Å². The number of hydrogen-bond acceptors (Lipinski definition) is 4. The molecule has 7 heteroatoms. The van der Waals surface area contributed by atoms with Crippen LogP contribution in [0.4, 0.5) is 0 Å². The van der Waals surface area contributed by atoms with Gasteiger partial charge >= 0.3 is 0 Å². The summed E-state index contributed by atoms with van der Waals surface area (Å²) in [7, 11) is -1.41. The molecule has 2 aliphatic heterocycles. The van der Waals surface area contributed by atoms with Gasteiger partial charge in [0, 0.05) is 32.8 Å². The van der Waals surface area contributed by atoms with Gasteiger partial charge in [-0.15, -0.1) is 0 Å². The lowest BCUT2D eigenvalue weighted by molar-refractivity contribution is 0.0676. The maximum atomic E-state index is 12.3. The van der Waals surface area contributed by atoms with Crippen LogP contribution in [-0.4, -0.2) is 59.2 Å². The fourth-order valence-electron chi connectivity index (χ4n) is 2.97. The van der Waals surface area contributed by atoms with Crippen LogP contribution >= 0.6 is 0 Å². The van der Waals surface area contributed by atoms with Crippen molar-refractivity contribution in [2.75, 3.05) is 46.4 Å². The van der Waals surface area contributed by atoms with E-state index < -0.39 is 10.2 Å². The fraction of sp³-hybridized carbons (Fsp3) is 1.00. The van der Waals surface area contributed by atoms with Crippen LogP contribution in [-0.2, 0) is 14.9 Å². The van der Waals surface area contributed by atoms with Crippen molar-refractivity contribution in [1.29, 1.82) is 0 Å². The zero-order valence-electron chi connectivity index (χ0n) is 12.3. The molecule has 118 valence electrons. The Morgan fingerprint density at radius 1 is 1.15 bits per heavy atom. The number of nitrogens with zero attached hydrogens (tertiary/aromatic N) is 1. The van der Waals surface area contributed by atoms with Crippen LogP contribution in [0.2, 0.25) is 0 Å². The molecule has 2 N–H and O–H groups in total. The van der Waals surface area contributed by atoms with E-state index in [2.05, 4.69) is 10.0 Å². The molecule has 0 aromatic rings. The molecule has 2 fully saturated rings. The molecule has 2 heterocycles. The second kappa shape index (κ2) is 7.70. The Labute approximate surface area is 122 Å². The molecule has 2 aliphatic rings. The SMILES string of the molecule is CNCC1CCCN(S(=O)(=O)NCC2CCOCC2)C1. The standard InChI is InChI=1S/C13H27N3O3S/c1-14-9-13-3-2-6-16(11-13)20(17,18)15-10-12-4-7-19-8-5-12/h12-15H,2-11H2,1H3. The van der Waals surface area contributed by atoms with Gasteiger partial charge in [-0.05, 0) is 51.1 Å². The molecule has 0 aromatic heterocycles. The lowest BCUT2D eigenvalue weighted by Gasteiger charge is -2.32. The Bertz CT molecular complexity index is 380. The van der Waals surface area contributed by atoms with Crippen LogP contribution < -0.4 is 10.0 Å². The van der Waals surface area contributed by atoms with E-state index in [9.17, 15) is 8.42 Å². The molecule has 1 unspecified atom stereocenters. The van der Waals surface area contributed by atoms with Gasteiger partial charge in [-0.3, -0.25) is 0 Å². The van der Waals surface area contributed by atoms with Gasteiger partial charge in [0.1, 0.15) is 0 Å². The van der Waals surface area contributed by atoms with Gasteiger partial charge in [0.15, 0.2) is 0 Å². The third-order valence-corrected chi connectivity index (χ3v) is 5.75. The predicted molar refractivity (Wildman–Crippen MR) is 78.7 cm³/mol. The normalized spacial score (nSPS) is 26.8. The number of hydrogen-bond donors (Lipinski definition) is 2. The molecule has 0 radical (unpaired) electrons. The fourth-order valence-corrected chi connectivity index (χ4v) is 4.37. The van der Waals surface area contributed by atoms with E-state index in [-0.39, 0.29) is 0 Å². The molecule has 0 saturated carbocycles. The first-order valence-corrected chi connectivity index (χ1v) is 9.03. The van der Waals surface area contributed by atoms with Gasteiger partial charge in [-0.2, -0.15) is 12.7 Å². The third kappa shape index (κ3) is 4.66. The number of ether oxygens (including phenoxy) is 1. The molecule has 0 amide bonds. The van der Waals surface area contributed by atoms with Gasteiger partial charge in [0.25, 0.3) is 10.2 Å². The summed E-state index contributed by atoms with van der Waals surface area (Å²) < 4.78 is 34.4. The van der Waals surface area contributed by atoms with E-state index in [1.165, 1.54) is 0 Å². The molecule has 2 rings (SSSR count). The Morgan fingerprint density at radius 3 is 2.60 bits per heavy atom. The molecule has 1 atom stereocenters. The number of piperidine rings is 1. The van der Waals surface area contributed by atoms with Crippen molar-refractivity contribution < 1.29 is 13.2 Å². The molecular weight excluding hydrogens is 278 g/mol. The van der Waals surface area contributed by atoms with Crippen LogP contribution in [0.25, 0.3) is 0 Å². The highest BCUT2D eigenvalue weighted by Crippen LogP contribution is 2.19. The highest BCUT2D eigenvalue weighted by molar-refractivity contribution is 7.87. The van der Waals surface area contributed by atoms with Crippen LogP contribution in [0.3, 0.4) is 0 Å². The molecule has 6 nitrogen and oxygen atoms in total. The summed E-state index contributed by atoms with van der Waals surface area (Å²) in [5.41, 5.74) is 0. The Kier molecular flexibility index (Phi) is 6.22. The van der Waals surface area contributed by atoms with E-state index in [0.29, 0.717) is 31.5 Å². The van der Waals surface area contributed by atoms with Gasteiger partial charge < -0.3 is 10.1 Å². The summed E-state index contributed by atoms with van der Waals surface area (Å²) in [4.78, 5) is 0. The first-order valence-electron chi connectivity index (χ1n) is 7.59. The van der Waals surface area contributed by atoms with E-state index in [1.807, 2.05) is 7.05 Å². The van der Waals surface area contributed by atoms with Crippen molar-refractivity contribution in [3.05, 3.63) is 0 Å². The van der Waals surface area contributed by atoms with Gasteiger partial charge in [-0.1, -0.05) is 0 Å². The Balaban J connectivity index is 1.82. The molecule has 0 aromatic carbocycles. The Hall–Kier alpha value is -0.210. The Morgan fingerprint density at radius 2 is 1.90 bits per heavy atom. The average molecular weight is 305 g/mol. The smallest absolute Gasteiger partial charge is 0.279 e. The quantitative estimate of drug-likeness (QED) is 0.734. The number of nitrogens with one attached hydrogen (secondary N) is 2. The molecule has 2 saturated heterocycles. The van der Waals surface area contributed by atoms with Crippen molar-refractivity contribution in [3.8, 4) is 0 Å². The van der Waals surface area contributed by atoms with Gasteiger partial charge in [0.2, 0.25) is 0 Å². The highest BCUT2D eigenvalue weighted by Gasteiger charge is 2.29. The monoisotopic (exact) mass is 305 g/mol. The van der Waals surface area contributed by atoms with Crippen LogP contribution in [0.15, 0.2) is 0 Å². The minimum absolute atomic E-state index is 0.413. The summed E-state index contributed by atoms with van der Waals surface area (Å²) in [6.45, 7) is 4.19. The van der Waals surface area contributed by atoms with Crippen LogP contribution in [0.1, 0.15) is 25.7 Å². The van der Waals surface area contributed by atoms with E-state index in [0.717, 1.165) is 45.4 Å². The first-order chi connectivity index (χ1) is 9.62. The zero-order chi connectivity index (χ0) is 14.4. The van der Waals surface area contributed by atoms with Crippen LogP contribution in [0.5, 0.6) is 0 Å². The maximum Gasteiger partial charge on any atom is 0.279 e. The second-order valence-corrected chi connectivity index (χ2v) is 7.59. The molecule has 0 aliphatic carbocycles. The van der Waals surface area contributed by atoms with E-state index >= 15 is 0 Å². The van der Waals surface area contributed by atoms with Crippen molar-refractivity contribution in [3.63, 3.8) is 0 Å². The van der Waals surface area contributed by atoms with E-state index in [1.54, 1.807) is 4.31 Å². The van der Waals surface area contributed by atoms with E-state index in [4.69, 9.17) is 4.74 Å². The molecule has 0 spiro atoms. The van der Waals surface area contributed by atoms with Crippen LogP contribution in [0, 0.1) is 11.8 Å². The first kappa shape index (κ1) is 16.2.